The Balaban J connectivity index is 1.40. The second-order valence-corrected chi connectivity index (χ2v) is 7.07. The molecule has 0 N–H and O–H groups in total. The quantitative estimate of drug-likeness (QED) is 0.599. The summed E-state index contributed by atoms with van der Waals surface area (Å²) in [6, 6.07) is 5.58. The molecule has 144 valence electrons. The molecule has 0 aromatic carbocycles. The Morgan fingerprint density at radius 2 is 2.11 bits per heavy atom. The minimum Gasteiger partial charge on any atom is -0.424 e. The highest BCUT2D eigenvalue weighted by atomic mass is 32.1. The summed E-state index contributed by atoms with van der Waals surface area (Å²) in [4.78, 5) is 32.5. The zero-order chi connectivity index (χ0) is 19.7. The van der Waals surface area contributed by atoms with Crippen molar-refractivity contribution in [2.45, 2.75) is 13.5 Å². The first-order valence-electron chi connectivity index (χ1n) is 8.54. The minimum atomic E-state index is -0.453. The first-order chi connectivity index (χ1) is 13.6. The van der Waals surface area contributed by atoms with E-state index in [1.165, 1.54) is 16.0 Å². The van der Waals surface area contributed by atoms with Gasteiger partial charge in [0, 0.05) is 33.1 Å². The van der Waals surface area contributed by atoms with E-state index >= 15 is 0 Å². The normalized spacial score (nSPS) is 14.3. The molecule has 0 bridgehead atoms. The lowest BCUT2D eigenvalue weighted by Crippen LogP contribution is -2.50. The SMILES string of the molecule is Cc1nc(C#N)c(N2CCN(C(=O)Cn3nnn(-c4cccs4)c3=O)CC2)o1. The Morgan fingerprint density at radius 1 is 1.32 bits per heavy atom. The van der Waals surface area contributed by atoms with E-state index in [4.69, 9.17) is 9.68 Å². The molecule has 4 heterocycles. The molecule has 11 nitrogen and oxygen atoms in total. The molecule has 1 fully saturated rings. The molecule has 0 spiro atoms. The Morgan fingerprint density at radius 3 is 2.79 bits per heavy atom. The maximum atomic E-state index is 12.6. The number of carbonyl (C=O) groups is 1. The number of aromatic nitrogens is 5. The zero-order valence-corrected chi connectivity index (χ0v) is 15.8. The van der Waals surface area contributed by atoms with E-state index in [-0.39, 0.29) is 18.1 Å². The number of thiophene rings is 1. The molecule has 0 atom stereocenters. The van der Waals surface area contributed by atoms with Gasteiger partial charge in [-0.05, 0) is 27.9 Å². The summed E-state index contributed by atoms with van der Waals surface area (Å²) in [5.41, 5.74) is -0.209. The summed E-state index contributed by atoms with van der Waals surface area (Å²) in [6.07, 6.45) is 0. The Bertz CT molecular complexity index is 1080. The smallest absolute Gasteiger partial charge is 0.369 e. The molecular formula is C16H16N8O3S. The average Bonchev–Trinajstić information content (AvgIpc) is 3.43. The predicted octanol–water partition coefficient (Wildman–Crippen LogP) is 0.00740. The highest BCUT2D eigenvalue weighted by Crippen LogP contribution is 2.22. The van der Waals surface area contributed by atoms with E-state index in [9.17, 15) is 9.59 Å². The van der Waals surface area contributed by atoms with Gasteiger partial charge in [-0.15, -0.1) is 11.3 Å². The van der Waals surface area contributed by atoms with Gasteiger partial charge < -0.3 is 14.2 Å². The fraction of sp³-hybridized carbons (Fsp3) is 0.375. The maximum absolute atomic E-state index is 12.6. The molecule has 0 unspecified atom stereocenters. The molecule has 0 saturated carbocycles. The third-order valence-corrected chi connectivity index (χ3v) is 5.22. The van der Waals surface area contributed by atoms with Gasteiger partial charge in [0.05, 0.1) is 0 Å². The van der Waals surface area contributed by atoms with Gasteiger partial charge in [0.15, 0.2) is 5.89 Å². The van der Waals surface area contributed by atoms with Gasteiger partial charge in [-0.2, -0.15) is 14.6 Å². The number of piperazine rings is 1. The minimum absolute atomic E-state index is 0.172. The standard InChI is InChI=1S/C16H16N8O3S/c1-11-18-12(9-17)15(27-11)22-6-4-21(5-7-22)13(25)10-23-16(26)24(20-19-23)14-3-2-8-28-14/h2-3,8H,4-7,10H2,1H3. The molecule has 12 heteroatoms. The summed E-state index contributed by atoms with van der Waals surface area (Å²) in [6.45, 7) is 3.41. The lowest BCUT2D eigenvalue weighted by molar-refractivity contribution is -0.132. The summed E-state index contributed by atoms with van der Waals surface area (Å²) < 4.78 is 7.74. The predicted molar refractivity (Wildman–Crippen MR) is 98.2 cm³/mol. The number of tetrazole rings is 1. The van der Waals surface area contributed by atoms with Crippen LogP contribution in [-0.4, -0.2) is 61.8 Å². The van der Waals surface area contributed by atoms with Crippen LogP contribution in [0.25, 0.3) is 5.00 Å². The monoisotopic (exact) mass is 400 g/mol. The van der Waals surface area contributed by atoms with Gasteiger partial charge in [-0.3, -0.25) is 4.79 Å². The van der Waals surface area contributed by atoms with Crippen molar-refractivity contribution in [2.24, 2.45) is 0 Å². The number of rotatable bonds is 4. The van der Waals surface area contributed by atoms with Crippen LogP contribution in [0, 0.1) is 18.3 Å². The number of amides is 1. The van der Waals surface area contributed by atoms with Crippen LogP contribution in [0.1, 0.15) is 11.6 Å². The van der Waals surface area contributed by atoms with E-state index in [0.29, 0.717) is 43.0 Å². The summed E-state index contributed by atoms with van der Waals surface area (Å²) in [5, 5.41) is 19.3. The van der Waals surface area contributed by atoms with Crippen LogP contribution in [0.5, 0.6) is 0 Å². The number of anilines is 1. The average molecular weight is 400 g/mol. The van der Waals surface area contributed by atoms with Gasteiger partial charge in [-0.25, -0.2) is 9.78 Å². The number of oxazole rings is 1. The van der Waals surface area contributed by atoms with Crippen LogP contribution in [-0.2, 0) is 11.3 Å². The van der Waals surface area contributed by atoms with Crippen LogP contribution < -0.4 is 10.6 Å². The maximum Gasteiger partial charge on any atom is 0.369 e. The lowest BCUT2D eigenvalue weighted by atomic mass is 10.3. The molecule has 1 saturated heterocycles. The zero-order valence-electron chi connectivity index (χ0n) is 15.0. The number of nitriles is 1. The number of hydrogen-bond acceptors (Lipinski definition) is 9. The fourth-order valence-electron chi connectivity index (χ4n) is 2.99. The third-order valence-electron chi connectivity index (χ3n) is 4.38. The van der Waals surface area contributed by atoms with E-state index in [2.05, 4.69) is 15.4 Å². The van der Waals surface area contributed by atoms with Gasteiger partial charge in [0.25, 0.3) is 0 Å². The summed E-state index contributed by atoms with van der Waals surface area (Å²) in [5.74, 6) is 0.648. The van der Waals surface area contributed by atoms with Crippen molar-refractivity contribution < 1.29 is 9.21 Å². The van der Waals surface area contributed by atoms with Crippen LogP contribution >= 0.6 is 11.3 Å². The van der Waals surface area contributed by atoms with Crippen molar-refractivity contribution in [1.29, 1.82) is 5.26 Å². The molecule has 3 aromatic heterocycles. The van der Waals surface area contributed by atoms with Crippen molar-refractivity contribution in [3.63, 3.8) is 0 Å². The molecular weight excluding hydrogens is 384 g/mol. The molecule has 3 aromatic rings. The molecule has 1 aliphatic rings. The van der Waals surface area contributed by atoms with Gasteiger partial charge >= 0.3 is 5.69 Å². The molecule has 1 aliphatic heterocycles. The van der Waals surface area contributed by atoms with Crippen LogP contribution in [0.2, 0.25) is 0 Å². The van der Waals surface area contributed by atoms with E-state index in [1.54, 1.807) is 17.9 Å². The summed E-state index contributed by atoms with van der Waals surface area (Å²) >= 11 is 1.36. The summed E-state index contributed by atoms with van der Waals surface area (Å²) in [7, 11) is 0. The van der Waals surface area contributed by atoms with Crippen LogP contribution in [0.4, 0.5) is 5.88 Å². The van der Waals surface area contributed by atoms with E-state index in [0.717, 1.165) is 4.68 Å². The van der Waals surface area contributed by atoms with Crippen molar-refractivity contribution in [2.75, 3.05) is 31.1 Å². The lowest BCUT2D eigenvalue weighted by Gasteiger charge is -2.34. The van der Waals surface area contributed by atoms with E-state index in [1.807, 2.05) is 22.4 Å². The van der Waals surface area contributed by atoms with Crippen molar-refractivity contribution >= 4 is 23.1 Å². The highest BCUT2D eigenvalue weighted by molar-refractivity contribution is 7.12. The Labute approximate surface area is 163 Å². The van der Waals surface area contributed by atoms with Crippen molar-refractivity contribution in [3.8, 4) is 11.1 Å². The number of hydrogen-bond donors (Lipinski definition) is 0. The Hall–Kier alpha value is -3.46. The van der Waals surface area contributed by atoms with Crippen molar-refractivity contribution in [3.05, 3.63) is 39.6 Å². The van der Waals surface area contributed by atoms with Crippen LogP contribution in [0.15, 0.2) is 26.7 Å². The van der Waals surface area contributed by atoms with Crippen LogP contribution in [0.3, 0.4) is 0 Å². The number of carbonyl (C=O) groups excluding carboxylic acids is 1. The molecule has 0 radical (unpaired) electrons. The largest absolute Gasteiger partial charge is 0.424 e. The van der Waals surface area contributed by atoms with Gasteiger partial charge in [0.2, 0.25) is 17.5 Å². The molecule has 0 aliphatic carbocycles. The first-order valence-corrected chi connectivity index (χ1v) is 9.41. The molecule has 4 rings (SSSR count). The van der Waals surface area contributed by atoms with E-state index < -0.39 is 5.69 Å². The Kier molecular flexibility index (Phi) is 4.66. The first kappa shape index (κ1) is 17.9. The highest BCUT2D eigenvalue weighted by Gasteiger charge is 2.26. The topological polar surface area (TPSA) is 126 Å². The van der Waals surface area contributed by atoms with Gasteiger partial charge in [0.1, 0.15) is 17.6 Å². The second-order valence-electron chi connectivity index (χ2n) is 6.15. The second kappa shape index (κ2) is 7.28. The number of nitrogens with zero attached hydrogens (tertiary/aromatic N) is 8. The molecule has 1 amide bonds. The fourth-order valence-corrected chi connectivity index (χ4v) is 3.66. The third kappa shape index (κ3) is 3.27. The van der Waals surface area contributed by atoms with Crippen molar-refractivity contribution in [1.82, 2.24) is 29.7 Å². The number of aryl methyl sites for hydroxylation is 1. The molecule has 28 heavy (non-hydrogen) atoms. The van der Waals surface area contributed by atoms with Gasteiger partial charge in [-0.1, -0.05) is 0 Å².